The second-order valence-corrected chi connectivity index (χ2v) is 13.6. The van der Waals surface area contributed by atoms with Crippen molar-refractivity contribution in [2.24, 2.45) is 22.2 Å². The third kappa shape index (κ3) is 5.20. The molecule has 4 aliphatic rings. The van der Waals surface area contributed by atoms with E-state index in [1.807, 2.05) is 0 Å². The number of fused-ring (bicyclic) bond motifs is 6. The zero-order valence-corrected chi connectivity index (χ0v) is 26.0. The van der Waals surface area contributed by atoms with Crippen molar-refractivity contribution in [3.8, 4) is 0 Å². The van der Waals surface area contributed by atoms with Crippen LogP contribution >= 0.6 is 0 Å². The summed E-state index contributed by atoms with van der Waals surface area (Å²) in [5.41, 5.74) is 0.483. The number of nitrogens with one attached hydrogen (secondary N) is 2. The summed E-state index contributed by atoms with van der Waals surface area (Å²) in [6, 6.07) is 9.32. The van der Waals surface area contributed by atoms with Crippen LogP contribution in [-0.4, -0.2) is 45.8 Å². The zero-order valence-electron chi connectivity index (χ0n) is 21.2. The Hall–Kier alpha value is -1.81. The van der Waals surface area contributed by atoms with Crippen LogP contribution in [0.5, 0.6) is 0 Å². The van der Waals surface area contributed by atoms with Crippen LogP contribution < -0.4 is 66.5 Å². The number of benzene rings is 2. The number of nitrogens with zero attached hydrogens (tertiary/aromatic N) is 2. The summed E-state index contributed by atoms with van der Waals surface area (Å²) >= 11 is 0. The topological polar surface area (TPSA) is 148 Å². The maximum Gasteiger partial charge on any atom is 1.00 e. The summed E-state index contributed by atoms with van der Waals surface area (Å²) < 4.78 is 68.9. The van der Waals surface area contributed by atoms with E-state index in [0.717, 1.165) is 31.6 Å². The van der Waals surface area contributed by atoms with Gasteiger partial charge in [0.25, 0.3) is 15.9 Å². The molecule has 2 aliphatic carbocycles. The van der Waals surface area contributed by atoms with Gasteiger partial charge in [-0.15, -0.1) is 10.2 Å². The van der Waals surface area contributed by atoms with Gasteiger partial charge in [-0.25, -0.2) is 12.8 Å². The largest absolute Gasteiger partial charge is 1.00 e. The van der Waals surface area contributed by atoms with Gasteiger partial charge in [-0.3, -0.25) is 9.52 Å². The van der Waals surface area contributed by atoms with E-state index in [9.17, 15) is 31.1 Å². The van der Waals surface area contributed by atoms with Gasteiger partial charge < -0.3 is 15.3 Å². The first-order chi connectivity index (χ1) is 17.9. The van der Waals surface area contributed by atoms with Crippen LogP contribution in [0, 0.1) is 23.6 Å². The molecule has 4 atom stereocenters. The van der Waals surface area contributed by atoms with Crippen molar-refractivity contribution >= 4 is 43.2 Å². The quantitative estimate of drug-likeness (QED) is 0.410. The zero-order chi connectivity index (χ0) is 27.0. The van der Waals surface area contributed by atoms with Gasteiger partial charge >= 0.3 is 51.4 Å². The molecule has 0 spiro atoms. The Kier molecular flexibility index (Phi) is 7.53. The van der Waals surface area contributed by atoms with Crippen molar-refractivity contribution in [2.45, 2.75) is 36.7 Å². The van der Waals surface area contributed by atoms with Crippen molar-refractivity contribution in [2.75, 3.05) is 16.3 Å². The summed E-state index contributed by atoms with van der Waals surface area (Å²) in [7, 11) is -8.03. The summed E-state index contributed by atoms with van der Waals surface area (Å²) in [4.78, 5) is 15.2. The first-order valence-electron chi connectivity index (χ1n) is 12.1. The van der Waals surface area contributed by atoms with Gasteiger partial charge in [-0.05, 0) is 72.9 Å². The molecule has 2 saturated carbocycles. The van der Waals surface area contributed by atoms with Crippen molar-refractivity contribution in [3.05, 3.63) is 65.2 Å². The van der Waals surface area contributed by atoms with E-state index in [-0.39, 0.29) is 103 Å². The van der Waals surface area contributed by atoms with E-state index >= 15 is 0 Å². The predicted octanol–water partition coefficient (Wildman–Crippen LogP) is -1.21. The van der Waals surface area contributed by atoms with Crippen molar-refractivity contribution in [1.29, 1.82) is 0 Å². The molecule has 2 unspecified atom stereocenters. The molecule has 39 heavy (non-hydrogen) atoms. The minimum Gasteiger partial charge on any atom is -0.875 e. The van der Waals surface area contributed by atoms with Crippen LogP contribution in [0.4, 0.5) is 15.8 Å². The number of sulfonamides is 2. The summed E-state index contributed by atoms with van der Waals surface area (Å²) in [6.45, 7) is 0.150. The second kappa shape index (κ2) is 10.2. The Morgan fingerprint density at radius 1 is 1.15 bits per heavy atom. The molecule has 14 heteroatoms. The Morgan fingerprint density at radius 3 is 2.54 bits per heavy atom. The third-order valence-corrected chi connectivity index (χ3v) is 9.71. The maximum atomic E-state index is 13.9. The fourth-order valence-corrected chi connectivity index (χ4v) is 8.06. The average molecular weight is 599 g/mol. The number of anilines is 2. The molecule has 2 aliphatic heterocycles. The molecule has 200 valence electrons. The molecule has 2 fully saturated rings. The van der Waals surface area contributed by atoms with Crippen LogP contribution in [-0.2, 0) is 31.4 Å². The van der Waals surface area contributed by atoms with E-state index in [1.165, 1.54) is 24.3 Å². The minimum absolute atomic E-state index is 0. The first-order valence-corrected chi connectivity index (χ1v) is 15.5. The molecular formula is C25H24FKN4O6S2. The normalized spacial score (nSPS) is 26.8. The van der Waals surface area contributed by atoms with Crippen molar-refractivity contribution in [3.63, 3.8) is 0 Å². The number of carbonyl (C=O) groups is 1. The second-order valence-electron chi connectivity index (χ2n) is 10.3. The molecular weight excluding hydrogens is 575 g/mol. The van der Waals surface area contributed by atoms with Gasteiger partial charge in [-0.2, -0.15) is 8.42 Å². The molecule has 2 heterocycles. The summed E-state index contributed by atoms with van der Waals surface area (Å²) in [6.07, 6.45) is 3.53. The number of halogens is 1. The maximum absolute atomic E-state index is 13.9. The number of amides is 1. The molecule has 1 amide bonds. The van der Waals surface area contributed by atoms with Gasteiger partial charge in [-0.1, -0.05) is 12.1 Å². The van der Waals surface area contributed by atoms with E-state index in [0.29, 0.717) is 5.56 Å². The molecule has 0 saturated heterocycles. The van der Waals surface area contributed by atoms with Crippen LogP contribution in [0.2, 0.25) is 0 Å². The molecule has 0 radical (unpaired) electrons. The number of carbonyl (C=O) groups excluding carboxylic acids is 1. The molecule has 2 aromatic carbocycles. The smallest absolute Gasteiger partial charge is 0.875 e. The number of amidine groups is 1. The molecule has 10 nitrogen and oxygen atoms in total. The number of hydrogen-bond donors (Lipinski definition) is 2. The van der Waals surface area contributed by atoms with Crippen molar-refractivity contribution in [1.82, 2.24) is 4.90 Å². The van der Waals surface area contributed by atoms with Crippen LogP contribution in [0.25, 0.3) is 0 Å². The molecule has 0 aromatic heterocycles. The standard InChI is InChI=1S/C25H25FN4O6S2.K/c1-37(33,34)28-17-8-9-18-19(11-17)38(35,36)29-24(27-18)21-23(31)20-14-4-5-15(10-14)22(20)30(25(21)32)12-13-2-6-16(26)7-3-13;/h2-3,6-9,11,14-15,20,22,28,31H,4-5,10,12H2,1H3,(H,27,29);/q;+1/p-1/t14-,15+,20?,22?;/m0./s1. The monoisotopic (exact) mass is 598 g/mol. The fraction of sp³-hybridized carbons (Fsp3) is 0.360. The van der Waals surface area contributed by atoms with E-state index < -0.39 is 43.4 Å². The van der Waals surface area contributed by atoms with Gasteiger partial charge in [0.15, 0.2) is 5.84 Å². The summed E-state index contributed by atoms with van der Waals surface area (Å²) in [5, 5.41) is 16.6. The first kappa shape index (κ1) is 28.7. The van der Waals surface area contributed by atoms with Crippen molar-refractivity contribution < 1.29 is 82.5 Å². The molecule has 6 rings (SSSR count). The number of hydrogen-bond acceptors (Lipinski definition) is 7. The Balaban J connectivity index is 0.00000308. The van der Waals surface area contributed by atoms with E-state index in [2.05, 4.69) is 14.4 Å². The SMILES string of the molecule is CS(=O)(=O)Nc1ccc2c(c1)S(=O)(=O)N=C(C1=C([O-])C3C([C@@H]4CC[C@H]3C4)N(Cc3ccc(F)cc3)C1=O)N2.[K+]. The fourth-order valence-electron chi connectivity index (χ4n) is 6.36. The average Bonchev–Trinajstić information content (AvgIpc) is 3.45. The van der Waals surface area contributed by atoms with Crippen LogP contribution in [0.1, 0.15) is 24.8 Å². The predicted molar refractivity (Wildman–Crippen MR) is 135 cm³/mol. The molecule has 2 N–H and O–H groups in total. The van der Waals surface area contributed by atoms with E-state index in [4.69, 9.17) is 0 Å². The Bertz CT molecular complexity index is 1640. The summed E-state index contributed by atoms with van der Waals surface area (Å²) in [5.74, 6) is -1.98. The molecule has 2 aromatic rings. The van der Waals surface area contributed by atoms with Gasteiger partial charge in [0.05, 0.1) is 17.5 Å². The molecule has 2 bridgehead atoms. The van der Waals surface area contributed by atoms with Gasteiger partial charge in [0, 0.05) is 18.3 Å². The Morgan fingerprint density at radius 2 is 1.85 bits per heavy atom. The number of rotatable bonds is 5. The van der Waals surface area contributed by atoms with E-state index in [1.54, 1.807) is 17.0 Å². The Labute approximate surface area is 268 Å². The van der Waals surface area contributed by atoms with Gasteiger partial charge in [0.1, 0.15) is 10.7 Å². The van der Waals surface area contributed by atoms with Crippen LogP contribution in [0.3, 0.4) is 0 Å². The third-order valence-electron chi connectivity index (χ3n) is 7.79. The van der Waals surface area contributed by atoms with Gasteiger partial charge in [0.2, 0.25) is 10.0 Å². The van der Waals surface area contributed by atoms with Crippen LogP contribution in [0.15, 0.2) is 63.1 Å². The minimum atomic E-state index is -4.37.